The van der Waals surface area contributed by atoms with Gasteiger partial charge in [0.2, 0.25) is 5.91 Å². The molecule has 0 aliphatic carbocycles. The summed E-state index contributed by atoms with van der Waals surface area (Å²) >= 11 is 6.76. The number of nitro benzene ring substituents is 1. The number of anilines is 1. The standard InChI is InChI=1S/C16H11ClF2N4O3S/c17-10-7-9(23(25)26)5-6-11(10)20-14(24)8-27-16-21-12-3-1-2-4-13(12)22(16)15(18)19/h1-7,15H,8H2,(H,20,24). The summed E-state index contributed by atoms with van der Waals surface area (Å²) in [6, 6.07) is 10.1. The maximum atomic E-state index is 13.4. The van der Waals surface area contributed by atoms with Gasteiger partial charge in [-0.15, -0.1) is 0 Å². The molecule has 27 heavy (non-hydrogen) atoms. The molecule has 1 aromatic heterocycles. The van der Waals surface area contributed by atoms with E-state index in [1.54, 1.807) is 18.2 Å². The molecule has 1 amide bonds. The van der Waals surface area contributed by atoms with Crippen molar-refractivity contribution < 1.29 is 18.5 Å². The zero-order valence-corrected chi connectivity index (χ0v) is 15.0. The van der Waals surface area contributed by atoms with Crippen LogP contribution in [-0.4, -0.2) is 26.1 Å². The molecule has 0 saturated heterocycles. The summed E-state index contributed by atoms with van der Waals surface area (Å²) in [5.74, 6) is -0.702. The molecule has 7 nitrogen and oxygen atoms in total. The number of thioether (sulfide) groups is 1. The highest BCUT2D eigenvalue weighted by Crippen LogP contribution is 2.30. The smallest absolute Gasteiger partial charge is 0.321 e. The van der Waals surface area contributed by atoms with Gasteiger partial charge in [-0.1, -0.05) is 35.5 Å². The summed E-state index contributed by atoms with van der Waals surface area (Å²) < 4.78 is 27.5. The molecule has 3 aromatic rings. The number of nitrogens with zero attached hydrogens (tertiary/aromatic N) is 3. The number of hydrogen-bond acceptors (Lipinski definition) is 5. The van der Waals surface area contributed by atoms with E-state index in [0.29, 0.717) is 5.52 Å². The largest absolute Gasteiger partial charge is 0.324 e. The van der Waals surface area contributed by atoms with Gasteiger partial charge in [-0.05, 0) is 18.2 Å². The van der Waals surface area contributed by atoms with Gasteiger partial charge in [-0.2, -0.15) is 8.78 Å². The molecule has 0 atom stereocenters. The Balaban J connectivity index is 1.72. The highest BCUT2D eigenvalue weighted by molar-refractivity contribution is 7.99. The van der Waals surface area contributed by atoms with Crippen LogP contribution in [0, 0.1) is 10.1 Å². The number of alkyl halides is 2. The third kappa shape index (κ3) is 4.17. The molecule has 0 aliphatic rings. The first-order valence-electron chi connectivity index (χ1n) is 7.48. The lowest BCUT2D eigenvalue weighted by molar-refractivity contribution is -0.384. The zero-order valence-electron chi connectivity index (χ0n) is 13.4. The number of hydrogen-bond donors (Lipinski definition) is 1. The van der Waals surface area contributed by atoms with E-state index in [-0.39, 0.29) is 32.8 Å². The molecule has 0 spiro atoms. The van der Waals surface area contributed by atoms with Crippen LogP contribution in [0.25, 0.3) is 11.0 Å². The molecule has 1 N–H and O–H groups in total. The molecule has 0 fully saturated rings. The molecular weight excluding hydrogens is 402 g/mol. The van der Waals surface area contributed by atoms with Crippen molar-refractivity contribution in [2.24, 2.45) is 0 Å². The second-order valence-corrected chi connectivity index (χ2v) is 6.64. The van der Waals surface area contributed by atoms with Gasteiger partial charge in [-0.3, -0.25) is 19.5 Å². The number of amides is 1. The number of fused-ring (bicyclic) bond motifs is 1. The monoisotopic (exact) mass is 412 g/mol. The number of benzene rings is 2. The molecule has 2 aromatic carbocycles. The van der Waals surface area contributed by atoms with Crippen molar-refractivity contribution in [1.82, 2.24) is 9.55 Å². The van der Waals surface area contributed by atoms with E-state index in [0.717, 1.165) is 22.4 Å². The van der Waals surface area contributed by atoms with Gasteiger partial charge in [0.05, 0.1) is 32.4 Å². The maximum absolute atomic E-state index is 13.4. The molecule has 0 unspecified atom stereocenters. The first-order chi connectivity index (χ1) is 12.9. The van der Waals surface area contributed by atoms with Crippen molar-refractivity contribution in [2.75, 3.05) is 11.1 Å². The predicted molar refractivity (Wildman–Crippen MR) is 98.4 cm³/mol. The molecule has 3 rings (SSSR count). The summed E-state index contributed by atoms with van der Waals surface area (Å²) in [7, 11) is 0. The number of carbonyl (C=O) groups excluding carboxylic acids is 1. The SMILES string of the molecule is O=C(CSc1nc2ccccc2n1C(F)F)Nc1ccc([N+](=O)[O-])cc1Cl. The van der Waals surface area contributed by atoms with Gasteiger partial charge in [0, 0.05) is 12.1 Å². The normalized spacial score (nSPS) is 11.1. The molecule has 0 bridgehead atoms. The van der Waals surface area contributed by atoms with Crippen molar-refractivity contribution in [3.05, 3.63) is 57.6 Å². The van der Waals surface area contributed by atoms with E-state index in [9.17, 15) is 23.7 Å². The minimum absolute atomic E-state index is 0.00219. The highest BCUT2D eigenvalue weighted by atomic mass is 35.5. The summed E-state index contributed by atoms with van der Waals surface area (Å²) in [6.07, 6.45) is 0. The molecule has 11 heteroatoms. The number of imidazole rings is 1. The zero-order chi connectivity index (χ0) is 19.6. The molecule has 0 radical (unpaired) electrons. The van der Waals surface area contributed by atoms with E-state index >= 15 is 0 Å². The van der Waals surface area contributed by atoms with Gasteiger partial charge in [-0.25, -0.2) is 4.98 Å². The predicted octanol–water partition coefficient (Wildman–Crippen LogP) is 4.72. The van der Waals surface area contributed by atoms with E-state index in [1.165, 1.54) is 18.2 Å². The summed E-state index contributed by atoms with van der Waals surface area (Å²) in [5.41, 5.74) is 0.654. The minimum atomic E-state index is -2.80. The van der Waals surface area contributed by atoms with Crippen LogP contribution in [0.4, 0.5) is 20.2 Å². The topological polar surface area (TPSA) is 90.1 Å². The fourth-order valence-corrected chi connectivity index (χ4v) is 3.38. The van der Waals surface area contributed by atoms with Crippen molar-refractivity contribution >= 4 is 51.7 Å². The first-order valence-corrected chi connectivity index (χ1v) is 8.85. The van der Waals surface area contributed by atoms with Gasteiger partial charge in [0.15, 0.2) is 5.16 Å². The summed E-state index contributed by atoms with van der Waals surface area (Å²) in [5, 5.41) is 13.2. The van der Waals surface area contributed by atoms with Crippen molar-refractivity contribution in [2.45, 2.75) is 11.7 Å². The van der Waals surface area contributed by atoms with Crippen LogP contribution in [0.5, 0.6) is 0 Å². The molecule has 0 aliphatic heterocycles. The molecule has 1 heterocycles. The number of nitro groups is 1. The Bertz CT molecular complexity index is 1030. The Morgan fingerprint density at radius 3 is 2.74 bits per heavy atom. The highest BCUT2D eigenvalue weighted by Gasteiger charge is 2.19. The number of aromatic nitrogens is 2. The number of carbonyl (C=O) groups is 1. The lowest BCUT2D eigenvalue weighted by Gasteiger charge is -2.08. The lowest BCUT2D eigenvalue weighted by atomic mass is 10.3. The summed E-state index contributed by atoms with van der Waals surface area (Å²) in [4.78, 5) is 26.3. The number of rotatable bonds is 6. The number of para-hydroxylation sites is 2. The fraction of sp³-hybridized carbons (Fsp3) is 0.125. The van der Waals surface area contributed by atoms with Crippen molar-refractivity contribution in [3.8, 4) is 0 Å². The van der Waals surface area contributed by atoms with Gasteiger partial charge < -0.3 is 5.32 Å². The van der Waals surface area contributed by atoms with Crippen LogP contribution in [-0.2, 0) is 4.79 Å². The average Bonchev–Trinajstić information content (AvgIpc) is 3.00. The van der Waals surface area contributed by atoms with Gasteiger partial charge >= 0.3 is 6.55 Å². The first kappa shape index (κ1) is 19.1. The average molecular weight is 413 g/mol. The van der Waals surface area contributed by atoms with E-state index in [2.05, 4.69) is 10.3 Å². The van der Waals surface area contributed by atoms with Crippen LogP contribution >= 0.6 is 23.4 Å². The van der Waals surface area contributed by atoms with E-state index in [1.807, 2.05) is 0 Å². The van der Waals surface area contributed by atoms with Crippen molar-refractivity contribution in [3.63, 3.8) is 0 Å². The van der Waals surface area contributed by atoms with Crippen LogP contribution in [0.15, 0.2) is 47.6 Å². The summed E-state index contributed by atoms with van der Waals surface area (Å²) in [6.45, 7) is -2.80. The number of halogens is 3. The fourth-order valence-electron chi connectivity index (χ4n) is 2.35. The van der Waals surface area contributed by atoms with Crippen LogP contribution in [0.2, 0.25) is 5.02 Å². The Morgan fingerprint density at radius 2 is 2.07 bits per heavy atom. The van der Waals surface area contributed by atoms with Gasteiger partial charge in [0.25, 0.3) is 5.69 Å². The Hall–Kier alpha value is -2.72. The number of non-ortho nitro benzene ring substituents is 1. The minimum Gasteiger partial charge on any atom is -0.324 e. The van der Waals surface area contributed by atoms with Crippen LogP contribution < -0.4 is 5.32 Å². The number of nitrogens with one attached hydrogen (secondary N) is 1. The quantitative estimate of drug-likeness (QED) is 0.359. The second-order valence-electron chi connectivity index (χ2n) is 5.29. The third-order valence-electron chi connectivity index (χ3n) is 3.53. The van der Waals surface area contributed by atoms with E-state index < -0.39 is 17.4 Å². The molecule has 140 valence electrons. The maximum Gasteiger partial charge on any atom is 0.321 e. The molecule has 0 saturated carbocycles. The Kier molecular flexibility index (Phi) is 5.57. The van der Waals surface area contributed by atoms with Crippen LogP contribution in [0.3, 0.4) is 0 Å². The second kappa shape index (κ2) is 7.89. The van der Waals surface area contributed by atoms with E-state index in [4.69, 9.17) is 11.6 Å². The van der Waals surface area contributed by atoms with Crippen molar-refractivity contribution in [1.29, 1.82) is 0 Å². The Morgan fingerprint density at radius 1 is 1.33 bits per heavy atom. The lowest BCUT2D eigenvalue weighted by Crippen LogP contribution is -2.15. The third-order valence-corrected chi connectivity index (χ3v) is 4.79. The van der Waals surface area contributed by atoms with Crippen LogP contribution in [0.1, 0.15) is 6.55 Å². The van der Waals surface area contributed by atoms with Gasteiger partial charge in [0.1, 0.15) is 0 Å². The Labute approximate surface area is 160 Å². The molecular formula is C16H11ClF2N4O3S.